The molecular formula is C14H14N2O6S2. The van der Waals surface area contributed by atoms with E-state index in [1.54, 1.807) is 6.07 Å². The number of carbonyl (C=O) groups is 2. The fraction of sp³-hybridized carbons (Fsp3) is 0.214. The number of aromatic nitrogens is 1. The second-order valence-electron chi connectivity index (χ2n) is 4.89. The largest absolute Gasteiger partial charge is 0.481 e. The minimum absolute atomic E-state index is 0.00297. The molecule has 2 rings (SSSR count). The lowest BCUT2D eigenvalue weighted by Gasteiger charge is -2.05. The number of benzene rings is 1. The Morgan fingerprint density at radius 2 is 1.92 bits per heavy atom. The van der Waals surface area contributed by atoms with Gasteiger partial charge in [0.25, 0.3) is 5.91 Å². The predicted octanol–water partition coefficient (Wildman–Crippen LogP) is 0.876. The molecule has 0 spiro atoms. The molecule has 1 atom stereocenters. The zero-order valence-electron chi connectivity index (χ0n) is 12.5. The number of carboxylic acid groups (broad SMARTS) is 1. The van der Waals surface area contributed by atoms with E-state index in [4.69, 9.17) is 5.11 Å². The quantitative estimate of drug-likeness (QED) is 0.752. The third-order valence-corrected chi connectivity index (χ3v) is 5.61. The van der Waals surface area contributed by atoms with Gasteiger partial charge >= 0.3 is 5.97 Å². The second kappa shape index (κ2) is 6.97. The van der Waals surface area contributed by atoms with Gasteiger partial charge in [-0.2, -0.15) is 9.72 Å². The number of rotatable bonds is 5. The first-order valence-electron chi connectivity index (χ1n) is 6.70. The molecule has 2 aromatic rings. The average molecular weight is 370 g/mol. The van der Waals surface area contributed by atoms with Crippen molar-refractivity contribution in [3.8, 4) is 0 Å². The van der Waals surface area contributed by atoms with Gasteiger partial charge in [0, 0.05) is 5.38 Å². The molecule has 2 N–H and O–H groups in total. The van der Waals surface area contributed by atoms with E-state index < -0.39 is 33.4 Å². The van der Waals surface area contributed by atoms with Crippen molar-refractivity contribution in [1.82, 2.24) is 4.73 Å². The molecule has 0 radical (unpaired) electrons. The van der Waals surface area contributed by atoms with Crippen LogP contribution in [0.15, 0.2) is 45.6 Å². The molecule has 0 bridgehead atoms. The zero-order valence-corrected chi connectivity index (χ0v) is 14.1. The van der Waals surface area contributed by atoms with E-state index in [0.29, 0.717) is 4.73 Å². The number of hydrogen-bond acceptors (Lipinski definition) is 6. The first-order valence-corrected chi connectivity index (χ1v) is 9.23. The topological polar surface area (TPSA) is 126 Å². The van der Waals surface area contributed by atoms with Crippen molar-refractivity contribution in [3.05, 3.63) is 46.2 Å². The molecule has 128 valence electrons. The molecule has 1 aromatic carbocycles. The minimum Gasteiger partial charge on any atom is -0.481 e. The number of amides is 1. The molecule has 8 nitrogen and oxygen atoms in total. The van der Waals surface area contributed by atoms with Gasteiger partial charge in [-0.15, -0.1) is 11.3 Å². The predicted molar refractivity (Wildman–Crippen MR) is 84.6 cm³/mol. The van der Waals surface area contributed by atoms with Gasteiger partial charge in [0.05, 0.1) is 16.5 Å². The summed E-state index contributed by atoms with van der Waals surface area (Å²) in [5, 5.41) is 20.2. The summed E-state index contributed by atoms with van der Waals surface area (Å²) in [6.45, 7) is 1.36. The molecule has 0 fully saturated rings. The lowest BCUT2D eigenvalue weighted by atomic mass is 10.1. The molecule has 0 saturated carbocycles. The van der Waals surface area contributed by atoms with Crippen molar-refractivity contribution in [2.45, 2.75) is 17.7 Å². The highest BCUT2D eigenvalue weighted by molar-refractivity contribution is 7.92. The van der Waals surface area contributed by atoms with Gasteiger partial charge in [-0.1, -0.05) is 18.2 Å². The van der Waals surface area contributed by atoms with Gasteiger partial charge < -0.3 is 10.3 Å². The molecule has 1 heterocycles. The maximum atomic E-state index is 12.1. The van der Waals surface area contributed by atoms with E-state index >= 15 is 0 Å². The molecule has 1 amide bonds. The van der Waals surface area contributed by atoms with Crippen molar-refractivity contribution in [2.24, 2.45) is 4.99 Å². The Kier molecular flexibility index (Phi) is 5.20. The van der Waals surface area contributed by atoms with Crippen molar-refractivity contribution in [1.29, 1.82) is 0 Å². The molecule has 10 heteroatoms. The first kappa shape index (κ1) is 17.9. The molecule has 1 aromatic heterocycles. The summed E-state index contributed by atoms with van der Waals surface area (Å²) >= 11 is 0.839. The Morgan fingerprint density at radius 3 is 2.50 bits per heavy atom. The standard InChI is InChI=1S/C14H14N2O6S2/c1-9(13(18)19)11-7-23-14(16(11)20)15-12(17)8-24(21,22)10-5-3-2-4-6-10/h2-7,9,20H,8H2,1H3,(H,18,19). The van der Waals surface area contributed by atoms with Crippen LogP contribution in [-0.4, -0.2) is 41.1 Å². The monoisotopic (exact) mass is 370 g/mol. The average Bonchev–Trinajstić information content (AvgIpc) is 2.87. The van der Waals surface area contributed by atoms with Crippen LogP contribution >= 0.6 is 11.3 Å². The Morgan fingerprint density at radius 1 is 1.29 bits per heavy atom. The Balaban J connectivity index is 2.27. The van der Waals surface area contributed by atoms with E-state index in [9.17, 15) is 23.2 Å². The van der Waals surface area contributed by atoms with Crippen molar-refractivity contribution in [3.63, 3.8) is 0 Å². The second-order valence-corrected chi connectivity index (χ2v) is 7.72. The van der Waals surface area contributed by atoms with Crippen LogP contribution in [0.3, 0.4) is 0 Å². The van der Waals surface area contributed by atoms with Crippen LogP contribution in [0.4, 0.5) is 0 Å². The highest BCUT2D eigenvalue weighted by Crippen LogP contribution is 2.15. The molecule has 0 aliphatic heterocycles. The maximum Gasteiger partial charge on any atom is 0.312 e. The summed E-state index contributed by atoms with van der Waals surface area (Å²) in [7, 11) is -3.84. The number of nitrogens with zero attached hydrogens (tertiary/aromatic N) is 2. The number of hydrogen-bond donors (Lipinski definition) is 2. The molecule has 24 heavy (non-hydrogen) atoms. The smallest absolute Gasteiger partial charge is 0.312 e. The normalized spacial score (nSPS) is 13.6. The van der Waals surface area contributed by atoms with E-state index in [1.807, 2.05) is 0 Å². The van der Waals surface area contributed by atoms with Crippen LogP contribution in [0, 0.1) is 0 Å². The fourth-order valence-corrected chi connectivity index (χ4v) is 3.84. The summed E-state index contributed by atoms with van der Waals surface area (Å²) in [5.74, 6) is -3.96. The van der Waals surface area contributed by atoms with Gasteiger partial charge in [0.2, 0.25) is 4.80 Å². The van der Waals surface area contributed by atoms with Crippen LogP contribution in [0.1, 0.15) is 18.5 Å². The summed E-state index contributed by atoms with van der Waals surface area (Å²) < 4.78 is 24.7. The Labute approximate surface area is 141 Å². The summed E-state index contributed by atoms with van der Waals surface area (Å²) in [4.78, 5) is 26.2. The molecule has 0 aliphatic rings. The number of sulfone groups is 1. The minimum atomic E-state index is -3.84. The third kappa shape index (κ3) is 3.89. The van der Waals surface area contributed by atoms with Crippen LogP contribution in [0.5, 0.6) is 0 Å². The van der Waals surface area contributed by atoms with Gasteiger partial charge in [0.15, 0.2) is 9.84 Å². The maximum absolute atomic E-state index is 12.1. The number of carbonyl (C=O) groups excluding carboxylic acids is 1. The molecule has 1 unspecified atom stereocenters. The lowest BCUT2D eigenvalue weighted by molar-refractivity contribution is -0.138. The first-order chi connectivity index (χ1) is 11.2. The van der Waals surface area contributed by atoms with Crippen LogP contribution in [0.2, 0.25) is 0 Å². The van der Waals surface area contributed by atoms with E-state index in [2.05, 4.69) is 4.99 Å². The van der Waals surface area contributed by atoms with E-state index in [1.165, 1.54) is 36.6 Å². The SMILES string of the molecule is CC(C(=O)O)c1csc(=NC(=O)CS(=O)(=O)c2ccccc2)n1O. The van der Waals surface area contributed by atoms with Crippen LogP contribution in [0.25, 0.3) is 0 Å². The van der Waals surface area contributed by atoms with Crippen LogP contribution < -0.4 is 4.80 Å². The number of aliphatic carboxylic acids is 1. The number of thiazole rings is 1. The Hall–Kier alpha value is -2.46. The van der Waals surface area contributed by atoms with Crippen molar-refractivity contribution < 1.29 is 28.3 Å². The zero-order chi connectivity index (χ0) is 17.9. The van der Waals surface area contributed by atoms with Gasteiger partial charge in [-0.05, 0) is 19.1 Å². The Bertz CT molecular complexity index is 928. The lowest BCUT2D eigenvalue weighted by Crippen LogP contribution is -2.22. The third-order valence-electron chi connectivity index (χ3n) is 3.16. The molecular weight excluding hydrogens is 356 g/mol. The summed E-state index contributed by atoms with van der Waals surface area (Å²) in [6.07, 6.45) is 0. The van der Waals surface area contributed by atoms with E-state index in [0.717, 1.165) is 11.3 Å². The highest BCUT2D eigenvalue weighted by atomic mass is 32.2. The fourth-order valence-electron chi connectivity index (χ4n) is 1.82. The number of carboxylic acids is 1. The summed E-state index contributed by atoms with van der Waals surface area (Å²) in [5.41, 5.74) is 0.0463. The highest BCUT2D eigenvalue weighted by Gasteiger charge is 2.21. The van der Waals surface area contributed by atoms with Crippen LogP contribution in [-0.2, 0) is 19.4 Å². The van der Waals surface area contributed by atoms with Gasteiger partial charge in [-0.3, -0.25) is 9.59 Å². The van der Waals surface area contributed by atoms with Crippen molar-refractivity contribution >= 4 is 33.1 Å². The molecule has 0 saturated heterocycles. The van der Waals surface area contributed by atoms with E-state index in [-0.39, 0.29) is 15.4 Å². The van der Waals surface area contributed by atoms with Crippen molar-refractivity contribution in [2.75, 3.05) is 5.75 Å². The molecule has 0 aliphatic carbocycles. The van der Waals surface area contributed by atoms with Gasteiger partial charge in [-0.25, -0.2) is 8.42 Å². The summed E-state index contributed by atoms with van der Waals surface area (Å²) in [6, 6.07) is 7.46. The van der Waals surface area contributed by atoms with Gasteiger partial charge in [0.1, 0.15) is 5.75 Å².